The number of carbonyl (C=O) groups is 2. The summed E-state index contributed by atoms with van der Waals surface area (Å²) >= 11 is 1.30. The summed E-state index contributed by atoms with van der Waals surface area (Å²) in [7, 11) is 1.63. The molecule has 0 unspecified atom stereocenters. The third-order valence-electron chi connectivity index (χ3n) is 7.50. The fraction of sp³-hybridized carbons (Fsp3) is 0.206. The number of nitrogens with zero attached hydrogens (tertiary/aromatic N) is 5. The van der Waals surface area contributed by atoms with E-state index in [1.54, 1.807) is 24.3 Å². The van der Waals surface area contributed by atoms with Crippen LogP contribution in [0.3, 0.4) is 0 Å². The van der Waals surface area contributed by atoms with Gasteiger partial charge in [-0.3, -0.25) is 9.59 Å². The predicted molar refractivity (Wildman–Crippen MR) is 171 cm³/mol. The number of benzene rings is 3. The number of aromatic nitrogens is 3. The van der Waals surface area contributed by atoms with E-state index in [-0.39, 0.29) is 35.9 Å². The Hall–Kier alpha value is -5.16. The molecule has 0 saturated carbocycles. The normalized spacial score (nSPS) is 14.3. The van der Waals surface area contributed by atoms with Gasteiger partial charge in [0, 0.05) is 6.42 Å². The minimum absolute atomic E-state index is 0.105. The van der Waals surface area contributed by atoms with Crippen molar-refractivity contribution < 1.29 is 18.7 Å². The van der Waals surface area contributed by atoms with Crippen LogP contribution in [0.25, 0.3) is 0 Å². The van der Waals surface area contributed by atoms with Crippen molar-refractivity contribution in [1.29, 1.82) is 0 Å². The standard InChI is InChI=1S/C34H32N6O4S/c1-23-10-12-26(13-11-23)29-19-28(25-14-16-27(43-2)17-15-25)38-40(29)32(41)22-45-34-37-36-31(20-35-33(42)30-9-6-18-44-30)39(34)21-24-7-4-3-5-8-24/h3-18,29H,19-22H2,1-2H3,(H,35,42)/t29-/m1/s1. The van der Waals surface area contributed by atoms with Crippen molar-refractivity contribution in [3.63, 3.8) is 0 Å². The van der Waals surface area contributed by atoms with Gasteiger partial charge in [-0.25, -0.2) is 5.01 Å². The summed E-state index contributed by atoms with van der Waals surface area (Å²) in [6, 6.07) is 28.9. The van der Waals surface area contributed by atoms with Crippen molar-refractivity contribution in [2.45, 2.75) is 37.6 Å². The molecular weight excluding hydrogens is 588 g/mol. The van der Waals surface area contributed by atoms with Crippen LogP contribution in [-0.4, -0.2) is 50.2 Å². The van der Waals surface area contributed by atoms with Gasteiger partial charge in [0.2, 0.25) is 0 Å². The van der Waals surface area contributed by atoms with E-state index < -0.39 is 0 Å². The van der Waals surface area contributed by atoms with Crippen LogP contribution in [0, 0.1) is 6.92 Å². The van der Waals surface area contributed by atoms with Crippen molar-refractivity contribution in [3.05, 3.63) is 131 Å². The fourth-order valence-corrected chi connectivity index (χ4v) is 5.88. The lowest BCUT2D eigenvalue weighted by Crippen LogP contribution is -2.28. The molecule has 6 rings (SSSR count). The van der Waals surface area contributed by atoms with Gasteiger partial charge in [-0.2, -0.15) is 5.10 Å². The number of hydrogen-bond acceptors (Lipinski definition) is 8. The molecule has 45 heavy (non-hydrogen) atoms. The Morgan fingerprint density at radius 2 is 1.76 bits per heavy atom. The van der Waals surface area contributed by atoms with Gasteiger partial charge in [-0.05, 0) is 60.0 Å². The molecule has 0 bridgehead atoms. The molecule has 0 aliphatic carbocycles. The zero-order valence-electron chi connectivity index (χ0n) is 24.9. The van der Waals surface area contributed by atoms with E-state index in [1.165, 1.54) is 18.0 Å². The van der Waals surface area contributed by atoms with E-state index in [1.807, 2.05) is 66.1 Å². The van der Waals surface area contributed by atoms with E-state index in [0.29, 0.717) is 23.9 Å². The highest BCUT2D eigenvalue weighted by Gasteiger charge is 2.33. The lowest BCUT2D eigenvalue weighted by Gasteiger charge is -2.22. The molecule has 228 valence electrons. The third-order valence-corrected chi connectivity index (χ3v) is 8.46. The number of methoxy groups -OCH3 is 1. The average molecular weight is 621 g/mol. The maximum atomic E-state index is 13.8. The molecule has 2 amide bonds. The topological polar surface area (TPSA) is 115 Å². The van der Waals surface area contributed by atoms with Crippen LogP contribution in [0.1, 0.15) is 51.1 Å². The highest BCUT2D eigenvalue weighted by molar-refractivity contribution is 7.99. The fourth-order valence-electron chi connectivity index (χ4n) is 5.07. The highest BCUT2D eigenvalue weighted by atomic mass is 32.2. The Balaban J connectivity index is 1.22. The maximum absolute atomic E-state index is 13.8. The summed E-state index contributed by atoms with van der Waals surface area (Å²) in [5.41, 5.74) is 4.99. The van der Waals surface area contributed by atoms with Crippen molar-refractivity contribution >= 4 is 29.3 Å². The first-order valence-corrected chi connectivity index (χ1v) is 15.5. The molecule has 1 atom stereocenters. The monoisotopic (exact) mass is 620 g/mol. The summed E-state index contributed by atoms with van der Waals surface area (Å²) in [4.78, 5) is 26.3. The molecule has 3 heterocycles. The molecular formula is C34H32N6O4S. The van der Waals surface area contributed by atoms with Crippen LogP contribution >= 0.6 is 11.8 Å². The Labute approximate surface area is 265 Å². The number of rotatable bonds is 11. The smallest absolute Gasteiger partial charge is 0.287 e. The molecule has 1 aliphatic rings. The van der Waals surface area contributed by atoms with Crippen LogP contribution in [0.15, 0.2) is 112 Å². The lowest BCUT2D eigenvalue weighted by atomic mass is 9.97. The second-order valence-electron chi connectivity index (χ2n) is 10.6. The van der Waals surface area contributed by atoms with E-state index >= 15 is 0 Å². The molecule has 1 aliphatic heterocycles. The number of carbonyl (C=O) groups excluding carboxylic acids is 2. The molecule has 2 aromatic heterocycles. The number of hydrogen-bond donors (Lipinski definition) is 1. The van der Waals surface area contributed by atoms with E-state index in [2.05, 4.69) is 39.8 Å². The predicted octanol–water partition coefficient (Wildman–Crippen LogP) is 5.64. The summed E-state index contributed by atoms with van der Waals surface area (Å²) in [6.07, 6.45) is 2.04. The second-order valence-corrected chi connectivity index (χ2v) is 11.5. The van der Waals surface area contributed by atoms with Gasteiger partial charge in [0.25, 0.3) is 11.8 Å². The van der Waals surface area contributed by atoms with Gasteiger partial charge in [0.1, 0.15) is 5.75 Å². The first kappa shape index (κ1) is 29.9. The molecule has 0 spiro atoms. The van der Waals surface area contributed by atoms with Gasteiger partial charge in [0.05, 0.1) is 44.0 Å². The largest absolute Gasteiger partial charge is 0.497 e. The number of aryl methyl sites for hydroxylation is 1. The van der Waals surface area contributed by atoms with E-state index in [9.17, 15) is 9.59 Å². The SMILES string of the molecule is COc1ccc(C2=NN(C(=O)CSc3nnc(CNC(=O)c4ccco4)n3Cc3ccccc3)[C@@H](c3ccc(C)cc3)C2)cc1. The van der Waals surface area contributed by atoms with E-state index in [0.717, 1.165) is 33.7 Å². The minimum atomic E-state index is -0.347. The maximum Gasteiger partial charge on any atom is 0.287 e. The van der Waals surface area contributed by atoms with Crippen LogP contribution in [0.5, 0.6) is 5.75 Å². The van der Waals surface area contributed by atoms with Crippen molar-refractivity contribution in [1.82, 2.24) is 25.1 Å². The highest BCUT2D eigenvalue weighted by Crippen LogP contribution is 2.34. The molecule has 10 nitrogen and oxygen atoms in total. The van der Waals surface area contributed by atoms with Crippen LogP contribution in [0.2, 0.25) is 0 Å². The Morgan fingerprint density at radius 1 is 0.978 bits per heavy atom. The number of amides is 2. The number of hydrazone groups is 1. The summed E-state index contributed by atoms with van der Waals surface area (Å²) in [5, 5.41) is 18.6. The number of thioether (sulfide) groups is 1. The quantitative estimate of drug-likeness (QED) is 0.190. The van der Waals surface area contributed by atoms with E-state index in [4.69, 9.17) is 14.3 Å². The van der Waals surface area contributed by atoms with Gasteiger partial charge in [0.15, 0.2) is 16.7 Å². The molecule has 11 heteroatoms. The average Bonchev–Trinajstić information content (AvgIpc) is 3.85. The zero-order valence-corrected chi connectivity index (χ0v) is 25.7. The van der Waals surface area contributed by atoms with Gasteiger partial charge >= 0.3 is 0 Å². The summed E-state index contributed by atoms with van der Waals surface area (Å²) < 4.78 is 12.4. The first-order chi connectivity index (χ1) is 22.0. The van der Waals surface area contributed by atoms with Crippen LogP contribution < -0.4 is 10.1 Å². The summed E-state index contributed by atoms with van der Waals surface area (Å²) in [6.45, 7) is 2.66. The second kappa shape index (κ2) is 13.6. The third kappa shape index (κ3) is 6.99. The Morgan fingerprint density at radius 3 is 2.47 bits per heavy atom. The molecule has 0 radical (unpaired) electrons. The molecule has 1 N–H and O–H groups in total. The number of ether oxygens (including phenoxy) is 1. The van der Waals surface area contributed by atoms with Gasteiger partial charge in [-0.1, -0.05) is 71.9 Å². The number of nitrogens with one attached hydrogen (secondary N) is 1. The van der Waals surface area contributed by atoms with Crippen molar-refractivity contribution in [2.75, 3.05) is 12.9 Å². The first-order valence-electron chi connectivity index (χ1n) is 14.5. The van der Waals surface area contributed by atoms with Gasteiger partial charge in [-0.15, -0.1) is 10.2 Å². The molecule has 0 fully saturated rings. The molecule has 0 saturated heterocycles. The Kier molecular flexibility index (Phi) is 9.06. The zero-order chi connectivity index (χ0) is 31.2. The lowest BCUT2D eigenvalue weighted by molar-refractivity contribution is -0.130. The van der Waals surface area contributed by atoms with Crippen LogP contribution in [-0.2, 0) is 17.9 Å². The molecule has 3 aromatic carbocycles. The van der Waals surface area contributed by atoms with Gasteiger partial charge < -0.3 is 19.0 Å². The van der Waals surface area contributed by atoms with Crippen molar-refractivity contribution in [3.8, 4) is 5.75 Å². The minimum Gasteiger partial charge on any atom is -0.497 e. The summed E-state index contributed by atoms with van der Waals surface area (Å²) in [5.74, 6) is 1.15. The van der Waals surface area contributed by atoms with Crippen LogP contribution in [0.4, 0.5) is 0 Å². The number of furan rings is 1. The molecule has 5 aromatic rings. The van der Waals surface area contributed by atoms with Crippen molar-refractivity contribution in [2.24, 2.45) is 5.10 Å². The Bertz CT molecular complexity index is 1780.